The Morgan fingerprint density at radius 1 is 1.44 bits per heavy atom. The van der Waals surface area contributed by atoms with Gasteiger partial charge in [-0.1, -0.05) is 6.92 Å². The van der Waals surface area contributed by atoms with Gasteiger partial charge in [-0.3, -0.25) is 16.0 Å². The fourth-order valence-electron chi connectivity index (χ4n) is 1.65. The van der Waals surface area contributed by atoms with Crippen LogP contribution < -0.4 is 16.6 Å². The fraction of sp³-hybridized carbons (Fsp3) is 0.455. The summed E-state index contributed by atoms with van der Waals surface area (Å²) in [5.41, 5.74) is 3.43. The molecule has 0 aromatic heterocycles. The van der Waals surface area contributed by atoms with E-state index >= 15 is 0 Å². The molecule has 18 heavy (non-hydrogen) atoms. The van der Waals surface area contributed by atoms with Crippen LogP contribution in [0.2, 0.25) is 0 Å². The summed E-state index contributed by atoms with van der Waals surface area (Å²) in [5.74, 6) is 5.27. The molecule has 0 amide bonds. The van der Waals surface area contributed by atoms with Gasteiger partial charge in [0.15, 0.2) is 0 Å². The maximum absolute atomic E-state index is 10.8. The maximum Gasteiger partial charge on any atom is 0.273 e. The number of aliphatic hydroxyl groups is 1. The standard InChI is InChI=1S/C11H18N4O3/c1-2-8(3-4-16)13-9-5-10(14-12)7-11(6-9)15(17)18/h5-8,13-14,16H,2-4,12H2,1H3. The van der Waals surface area contributed by atoms with E-state index in [0.717, 1.165) is 6.42 Å². The number of nitrogens with zero attached hydrogens (tertiary/aromatic N) is 1. The summed E-state index contributed by atoms with van der Waals surface area (Å²) in [6, 6.07) is 4.56. The van der Waals surface area contributed by atoms with Crippen LogP contribution in [-0.2, 0) is 0 Å². The average molecular weight is 254 g/mol. The van der Waals surface area contributed by atoms with Gasteiger partial charge in [-0.15, -0.1) is 0 Å². The van der Waals surface area contributed by atoms with Gasteiger partial charge in [0.2, 0.25) is 0 Å². The number of benzene rings is 1. The summed E-state index contributed by atoms with van der Waals surface area (Å²) in [5, 5.41) is 22.8. The summed E-state index contributed by atoms with van der Waals surface area (Å²) in [4.78, 5) is 10.3. The third-order valence-corrected chi connectivity index (χ3v) is 2.64. The number of aliphatic hydroxyl groups excluding tert-OH is 1. The van der Waals surface area contributed by atoms with Gasteiger partial charge >= 0.3 is 0 Å². The molecule has 1 aromatic rings. The van der Waals surface area contributed by atoms with Gasteiger partial charge in [0, 0.05) is 30.5 Å². The molecule has 1 rings (SSSR count). The third kappa shape index (κ3) is 3.86. The highest BCUT2D eigenvalue weighted by molar-refractivity contribution is 5.63. The van der Waals surface area contributed by atoms with Crippen LogP contribution in [0.4, 0.5) is 17.1 Å². The Hall–Kier alpha value is -1.86. The van der Waals surface area contributed by atoms with Crippen LogP contribution in [0.5, 0.6) is 0 Å². The number of nitrogens with two attached hydrogens (primary N) is 1. The molecular weight excluding hydrogens is 236 g/mol. The maximum atomic E-state index is 10.8. The van der Waals surface area contributed by atoms with E-state index < -0.39 is 4.92 Å². The minimum atomic E-state index is -0.473. The molecule has 7 nitrogen and oxygen atoms in total. The van der Waals surface area contributed by atoms with Crippen LogP contribution in [-0.4, -0.2) is 22.7 Å². The Labute approximate surface area is 105 Å². The van der Waals surface area contributed by atoms with E-state index in [0.29, 0.717) is 17.8 Å². The van der Waals surface area contributed by atoms with E-state index in [4.69, 9.17) is 10.9 Å². The summed E-state index contributed by atoms with van der Waals surface area (Å²) < 4.78 is 0. The average Bonchev–Trinajstić information content (AvgIpc) is 2.37. The largest absolute Gasteiger partial charge is 0.396 e. The lowest BCUT2D eigenvalue weighted by molar-refractivity contribution is -0.384. The Morgan fingerprint density at radius 2 is 2.11 bits per heavy atom. The van der Waals surface area contributed by atoms with Crippen molar-refractivity contribution in [2.75, 3.05) is 17.3 Å². The van der Waals surface area contributed by atoms with E-state index in [1.807, 2.05) is 6.92 Å². The minimum Gasteiger partial charge on any atom is -0.396 e. The first-order chi connectivity index (χ1) is 8.60. The Kier molecular flexibility index (Phi) is 5.34. The van der Waals surface area contributed by atoms with Gasteiger partial charge in [-0.2, -0.15) is 0 Å². The molecule has 0 radical (unpaired) electrons. The SMILES string of the molecule is CCC(CCO)Nc1cc(NN)cc([N+](=O)[O-])c1. The number of nitrogens with one attached hydrogen (secondary N) is 2. The van der Waals surface area contributed by atoms with Crippen LogP contribution >= 0.6 is 0 Å². The quantitative estimate of drug-likeness (QED) is 0.333. The number of hydrazine groups is 1. The van der Waals surface area contributed by atoms with Crippen molar-refractivity contribution in [3.8, 4) is 0 Å². The van der Waals surface area contributed by atoms with Gasteiger partial charge < -0.3 is 15.8 Å². The summed E-state index contributed by atoms with van der Waals surface area (Å²) in [6.07, 6.45) is 1.40. The Balaban J connectivity index is 2.93. The zero-order valence-corrected chi connectivity index (χ0v) is 10.2. The fourth-order valence-corrected chi connectivity index (χ4v) is 1.65. The van der Waals surface area contributed by atoms with Crippen LogP contribution in [0.1, 0.15) is 19.8 Å². The Morgan fingerprint density at radius 3 is 2.61 bits per heavy atom. The number of hydrogen-bond acceptors (Lipinski definition) is 6. The van der Waals surface area contributed by atoms with Crippen molar-refractivity contribution in [2.45, 2.75) is 25.8 Å². The second-order valence-electron chi connectivity index (χ2n) is 3.93. The molecule has 0 heterocycles. The zero-order chi connectivity index (χ0) is 13.5. The van der Waals surface area contributed by atoms with Gasteiger partial charge in [0.1, 0.15) is 0 Å². The molecule has 0 aliphatic rings. The van der Waals surface area contributed by atoms with E-state index in [9.17, 15) is 10.1 Å². The van der Waals surface area contributed by atoms with E-state index in [2.05, 4.69) is 10.7 Å². The monoisotopic (exact) mass is 254 g/mol. The van der Waals surface area contributed by atoms with Crippen molar-refractivity contribution < 1.29 is 10.0 Å². The van der Waals surface area contributed by atoms with Crippen LogP contribution in [0.25, 0.3) is 0 Å². The first kappa shape index (κ1) is 14.2. The molecule has 0 saturated carbocycles. The number of anilines is 2. The molecule has 0 aliphatic heterocycles. The number of nitro benzene ring substituents is 1. The lowest BCUT2D eigenvalue weighted by Gasteiger charge is -2.17. The summed E-state index contributed by atoms with van der Waals surface area (Å²) in [7, 11) is 0. The first-order valence-corrected chi connectivity index (χ1v) is 5.74. The number of non-ortho nitro benzene ring substituents is 1. The first-order valence-electron chi connectivity index (χ1n) is 5.74. The van der Waals surface area contributed by atoms with Crippen molar-refractivity contribution in [3.63, 3.8) is 0 Å². The molecular formula is C11H18N4O3. The number of hydrogen-bond donors (Lipinski definition) is 4. The second-order valence-corrected chi connectivity index (χ2v) is 3.93. The predicted molar refractivity (Wildman–Crippen MR) is 70.3 cm³/mol. The Bertz CT molecular complexity index is 411. The molecule has 0 bridgehead atoms. The number of nitrogen functional groups attached to an aromatic ring is 1. The van der Waals surface area contributed by atoms with Crippen molar-refractivity contribution in [1.29, 1.82) is 0 Å². The topological polar surface area (TPSA) is 113 Å². The smallest absolute Gasteiger partial charge is 0.273 e. The molecule has 0 aliphatic carbocycles. The molecule has 0 spiro atoms. The van der Waals surface area contributed by atoms with E-state index in [-0.39, 0.29) is 18.3 Å². The van der Waals surface area contributed by atoms with Crippen LogP contribution in [0.3, 0.4) is 0 Å². The summed E-state index contributed by atoms with van der Waals surface area (Å²) >= 11 is 0. The van der Waals surface area contributed by atoms with Crippen molar-refractivity contribution in [1.82, 2.24) is 0 Å². The van der Waals surface area contributed by atoms with Crippen molar-refractivity contribution in [3.05, 3.63) is 28.3 Å². The van der Waals surface area contributed by atoms with Gasteiger partial charge in [-0.05, 0) is 18.9 Å². The van der Waals surface area contributed by atoms with Crippen LogP contribution in [0, 0.1) is 10.1 Å². The highest BCUT2D eigenvalue weighted by Gasteiger charge is 2.12. The summed E-state index contributed by atoms with van der Waals surface area (Å²) in [6.45, 7) is 2.05. The van der Waals surface area contributed by atoms with Crippen LogP contribution in [0.15, 0.2) is 18.2 Å². The highest BCUT2D eigenvalue weighted by Crippen LogP contribution is 2.24. The second kappa shape index (κ2) is 6.77. The predicted octanol–water partition coefficient (Wildman–Crippen LogP) is 1.45. The van der Waals surface area contributed by atoms with E-state index in [1.165, 1.54) is 12.1 Å². The van der Waals surface area contributed by atoms with Crippen molar-refractivity contribution in [2.24, 2.45) is 5.84 Å². The molecule has 0 saturated heterocycles. The molecule has 1 unspecified atom stereocenters. The van der Waals surface area contributed by atoms with Gasteiger partial charge in [0.25, 0.3) is 5.69 Å². The van der Waals surface area contributed by atoms with Gasteiger partial charge in [0.05, 0.1) is 10.6 Å². The molecule has 7 heteroatoms. The van der Waals surface area contributed by atoms with E-state index in [1.54, 1.807) is 6.07 Å². The highest BCUT2D eigenvalue weighted by atomic mass is 16.6. The lowest BCUT2D eigenvalue weighted by Crippen LogP contribution is -2.20. The number of nitro groups is 1. The molecule has 1 atom stereocenters. The third-order valence-electron chi connectivity index (χ3n) is 2.64. The molecule has 1 aromatic carbocycles. The minimum absolute atomic E-state index is 0.0354. The normalized spacial score (nSPS) is 11.9. The van der Waals surface area contributed by atoms with Gasteiger partial charge in [-0.25, -0.2) is 0 Å². The molecule has 5 N–H and O–H groups in total. The molecule has 100 valence electrons. The number of rotatable bonds is 7. The van der Waals surface area contributed by atoms with Crippen molar-refractivity contribution >= 4 is 17.1 Å². The molecule has 0 fully saturated rings. The zero-order valence-electron chi connectivity index (χ0n) is 10.2. The lowest BCUT2D eigenvalue weighted by atomic mass is 10.1.